The van der Waals surface area contributed by atoms with Gasteiger partial charge >= 0.3 is 5.97 Å². The van der Waals surface area contributed by atoms with E-state index in [2.05, 4.69) is 5.32 Å². The van der Waals surface area contributed by atoms with Crippen molar-refractivity contribution in [3.63, 3.8) is 0 Å². The molecule has 0 saturated heterocycles. The minimum Gasteiger partial charge on any atom is -0.457 e. The number of esters is 1. The molecule has 1 amide bonds. The molecule has 0 unspecified atom stereocenters. The summed E-state index contributed by atoms with van der Waals surface area (Å²) in [6, 6.07) is 23.0. The molecule has 0 spiro atoms. The highest BCUT2D eigenvalue weighted by Gasteiger charge is 2.33. The van der Waals surface area contributed by atoms with Crippen molar-refractivity contribution in [2.24, 2.45) is 0 Å². The average molecular weight is 384 g/mol. The van der Waals surface area contributed by atoms with E-state index in [0.717, 1.165) is 0 Å². The van der Waals surface area contributed by atoms with Crippen LogP contribution in [0.15, 0.2) is 72.8 Å². The molecular weight excluding hydrogens is 368 g/mol. The lowest BCUT2D eigenvalue weighted by atomic mass is 9.88. The number of para-hydroxylation sites is 2. The molecule has 1 N–H and O–H groups in total. The van der Waals surface area contributed by atoms with Crippen LogP contribution in [-0.2, 0) is 14.3 Å². The van der Waals surface area contributed by atoms with Crippen LogP contribution in [0, 0.1) is 11.3 Å². The van der Waals surface area contributed by atoms with Gasteiger partial charge in [-0.2, -0.15) is 5.26 Å². The molecule has 29 heavy (non-hydrogen) atoms. The molecule has 6 heteroatoms. The Bertz CT molecular complexity index is 1090. The van der Waals surface area contributed by atoms with Crippen LogP contribution in [-0.4, -0.2) is 18.5 Å². The summed E-state index contributed by atoms with van der Waals surface area (Å²) in [5, 5.41) is 11.6. The van der Waals surface area contributed by atoms with Crippen LogP contribution in [0.25, 0.3) is 0 Å². The maximum atomic E-state index is 12.9. The van der Waals surface area contributed by atoms with Crippen molar-refractivity contribution in [2.75, 3.05) is 11.9 Å². The van der Waals surface area contributed by atoms with Crippen LogP contribution < -0.4 is 10.1 Å². The van der Waals surface area contributed by atoms with E-state index in [1.807, 2.05) is 42.5 Å². The highest BCUT2D eigenvalue weighted by atomic mass is 16.5. The number of amides is 1. The van der Waals surface area contributed by atoms with Crippen molar-refractivity contribution in [1.82, 2.24) is 0 Å². The van der Waals surface area contributed by atoms with E-state index in [9.17, 15) is 9.59 Å². The van der Waals surface area contributed by atoms with Crippen molar-refractivity contribution in [2.45, 2.75) is 5.92 Å². The standard InChI is InChI=1S/C23H16N2O4/c24-13-15-6-5-7-16(12-15)25-21(26)14-28-23(27)22-17-8-1-3-10-19(17)29-20-11-4-2-9-18(20)22/h1-12,22H,14H2,(H,25,26). The van der Waals surface area contributed by atoms with Crippen LogP contribution in [0.4, 0.5) is 5.69 Å². The fourth-order valence-corrected chi connectivity index (χ4v) is 3.25. The zero-order chi connectivity index (χ0) is 20.2. The first-order chi connectivity index (χ1) is 14.2. The minimum absolute atomic E-state index is 0.426. The largest absolute Gasteiger partial charge is 0.457 e. The highest BCUT2D eigenvalue weighted by molar-refractivity contribution is 5.94. The summed E-state index contributed by atoms with van der Waals surface area (Å²) in [5.41, 5.74) is 2.28. The van der Waals surface area contributed by atoms with Gasteiger partial charge in [-0.25, -0.2) is 0 Å². The van der Waals surface area contributed by atoms with Gasteiger partial charge in [0.25, 0.3) is 5.91 Å². The normalized spacial score (nSPS) is 12.0. The molecule has 0 saturated carbocycles. The van der Waals surface area contributed by atoms with E-state index in [0.29, 0.717) is 33.9 Å². The topological polar surface area (TPSA) is 88.4 Å². The molecule has 1 aliphatic heterocycles. The van der Waals surface area contributed by atoms with Crippen molar-refractivity contribution in [3.05, 3.63) is 89.5 Å². The van der Waals surface area contributed by atoms with Crippen LogP contribution in [0.1, 0.15) is 22.6 Å². The highest BCUT2D eigenvalue weighted by Crippen LogP contribution is 2.44. The Balaban J connectivity index is 1.49. The second kappa shape index (κ2) is 7.87. The van der Waals surface area contributed by atoms with Gasteiger partial charge in [-0.05, 0) is 30.3 Å². The van der Waals surface area contributed by atoms with Crippen molar-refractivity contribution < 1.29 is 19.1 Å². The summed E-state index contributed by atoms with van der Waals surface area (Å²) < 4.78 is 11.2. The SMILES string of the molecule is N#Cc1cccc(NC(=O)COC(=O)C2c3ccccc3Oc3ccccc32)c1. The first-order valence-corrected chi connectivity index (χ1v) is 8.98. The van der Waals surface area contributed by atoms with Crippen molar-refractivity contribution >= 4 is 17.6 Å². The number of rotatable bonds is 4. The number of nitrogens with zero attached hydrogens (tertiary/aromatic N) is 1. The number of carbonyl (C=O) groups is 2. The third-order valence-electron chi connectivity index (χ3n) is 4.54. The zero-order valence-electron chi connectivity index (χ0n) is 15.3. The monoisotopic (exact) mass is 384 g/mol. The Morgan fingerprint density at radius 2 is 1.62 bits per heavy atom. The van der Waals surface area contributed by atoms with Crippen LogP contribution in [0.2, 0.25) is 0 Å². The molecule has 0 fully saturated rings. The number of nitriles is 1. The summed E-state index contributed by atoms with van der Waals surface area (Å²) in [6.07, 6.45) is 0. The molecule has 1 heterocycles. The number of carbonyl (C=O) groups excluding carboxylic acids is 2. The third kappa shape index (κ3) is 3.80. The lowest BCUT2D eigenvalue weighted by molar-refractivity contribution is -0.148. The summed E-state index contributed by atoms with van der Waals surface area (Å²) in [7, 11) is 0. The summed E-state index contributed by atoms with van der Waals surface area (Å²) in [4.78, 5) is 25.1. The number of nitrogens with one attached hydrogen (secondary N) is 1. The fourth-order valence-electron chi connectivity index (χ4n) is 3.25. The number of hydrogen-bond donors (Lipinski definition) is 1. The van der Waals surface area contributed by atoms with Gasteiger partial charge in [0.05, 0.1) is 11.6 Å². The van der Waals surface area contributed by atoms with Gasteiger partial charge in [0, 0.05) is 16.8 Å². The minimum atomic E-state index is -0.675. The number of benzene rings is 3. The lowest BCUT2D eigenvalue weighted by Crippen LogP contribution is -2.26. The fraction of sp³-hybridized carbons (Fsp3) is 0.0870. The average Bonchev–Trinajstić information content (AvgIpc) is 2.76. The maximum Gasteiger partial charge on any atom is 0.318 e. The number of fused-ring (bicyclic) bond motifs is 2. The maximum absolute atomic E-state index is 12.9. The summed E-state index contributed by atoms with van der Waals surface area (Å²) in [5.74, 6) is -0.515. The number of anilines is 1. The quantitative estimate of drug-likeness (QED) is 0.688. The first-order valence-electron chi connectivity index (χ1n) is 8.98. The molecule has 0 bridgehead atoms. The van der Waals surface area contributed by atoms with Gasteiger partial charge < -0.3 is 14.8 Å². The molecule has 0 radical (unpaired) electrons. The molecule has 4 rings (SSSR count). The van der Waals surface area contributed by atoms with E-state index >= 15 is 0 Å². The molecule has 0 atom stereocenters. The molecule has 3 aromatic carbocycles. The van der Waals surface area contributed by atoms with Gasteiger partial charge in [-0.15, -0.1) is 0 Å². The van der Waals surface area contributed by atoms with E-state index in [-0.39, 0.29) is 0 Å². The summed E-state index contributed by atoms with van der Waals surface area (Å²) in [6.45, 7) is -0.433. The summed E-state index contributed by atoms with van der Waals surface area (Å²) >= 11 is 0. The Morgan fingerprint density at radius 3 is 2.28 bits per heavy atom. The van der Waals surface area contributed by atoms with Gasteiger partial charge in [0.1, 0.15) is 17.4 Å². The predicted octanol–water partition coefficient (Wildman–Crippen LogP) is 3.98. The van der Waals surface area contributed by atoms with Gasteiger partial charge in [-0.1, -0.05) is 42.5 Å². The molecule has 0 aromatic heterocycles. The van der Waals surface area contributed by atoms with Crippen molar-refractivity contribution in [1.29, 1.82) is 5.26 Å². The molecule has 0 aliphatic carbocycles. The van der Waals surface area contributed by atoms with E-state index in [1.54, 1.807) is 36.4 Å². The Morgan fingerprint density at radius 1 is 0.966 bits per heavy atom. The van der Waals surface area contributed by atoms with Gasteiger partial charge in [0.2, 0.25) is 0 Å². The van der Waals surface area contributed by atoms with Crippen LogP contribution in [0.3, 0.4) is 0 Å². The second-order valence-electron chi connectivity index (χ2n) is 6.46. The molecule has 1 aliphatic rings. The Hall–Kier alpha value is -4.11. The zero-order valence-corrected chi connectivity index (χ0v) is 15.3. The Labute approximate surface area is 167 Å². The van der Waals surface area contributed by atoms with Crippen LogP contribution in [0.5, 0.6) is 11.5 Å². The first kappa shape index (κ1) is 18.3. The smallest absolute Gasteiger partial charge is 0.318 e. The molecule has 3 aromatic rings. The number of hydrogen-bond acceptors (Lipinski definition) is 5. The van der Waals surface area contributed by atoms with Gasteiger partial charge in [-0.3, -0.25) is 9.59 Å². The van der Waals surface area contributed by atoms with E-state index < -0.39 is 24.4 Å². The third-order valence-corrected chi connectivity index (χ3v) is 4.54. The molecular formula is C23H16N2O4. The Kier molecular flexibility index (Phi) is 4.95. The predicted molar refractivity (Wildman–Crippen MR) is 106 cm³/mol. The second-order valence-corrected chi connectivity index (χ2v) is 6.46. The van der Waals surface area contributed by atoms with E-state index in [4.69, 9.17) is 14.7 Å². The number of ether oxygens (including phenoxy) is 2. The molecule has 6 nitrogen and oxygen atoms in total. The lowest BCUT2D eigenvalue weighted by Gasteiger charge is -2.26. The molecule has 142 valence electrons. The van der Waals surface area contributed by atoms with Crippen LogP contribution >= 0.6 is 0 Å². The van der Waals surface area contributed by atoms with E-state index in [1.165, 1.54) is 0 Å². The van der Waals surface area contributed by atoms with Gasteiger partial charge in [0.15, 0.2) is 6.61 Å². The van der Waals surface area contributed by atoms with Crippen molar-refractivity contribution in [3.8, 4) is 17.6 Å².